The summed E-state index contributed by atoms with van der Waals surface area (Å²) in [7, 11) is 0. The lowest BCUT2D eigenvalue weighted by atomic mass is 9.93. The molecule has 1 atom stereocenters. The van der Waals surface area contributed by atoms with E-state index in [1.807, 2.05) is 52.8 Å². The number of hydrogen-bond donors (Lipinski definition) is 1. The smallest absolute Gasteiger partial charge is 0.253 e. The molecule has 0 aliphatic carbocycles. The molecule has 6 nitrogen and oxygen atoms in total. The molecule has 5 rings (SSSR count). The van der Waals surface area contributed by atoms with Crippen LogP contribution in [-0.2, 0) is 6.54 Å². The maximum absolute atomic E-state index is 13.4. The molecule has 2 aromatic heterocycles. The number of aliphatic hydroxyl groups is 1. The topological polar surface area (TPSA) is 71.2 Å². The van der Waals surface area contributed by atoms with Gasteiger partial charge in [0.25, 0.3) is 5.91 Å². The number of piperidine rings is 1. The van der Waals surface area contributed by atoms with E-state index in [-0.39, 0.29) is 24.2 Å². The zero-order valence-electron chi connectivity index (χ0n) is 19.1. The summed E-state index contributed by atoms with van der Waals surface area (Å²) in [5.74, 6) is 0.692. The molecule has 1 aliphatic heterocycles. The molecule has 7 heteroatoms. The third kappa shape index (κ3) is 4.31. The van der Waals surface area contributed by atoms with Crippen molar-refractivity contribution in [2.24, 2.45) is 0 Å². The highest BCUT2D eigenvalue weighted by atomic mass is 19.1. The molecule has 0 radical (unpaired) electrons. The zero-order valence-corrected chi connectivity index (χ0v) is 19.1. The third-order valence-electron chi connectivity index (χ3n) is 6.55. The first-order chi connectivity index (χ1) is 16.5. The Hall–Kier alpha value is -3.58. The predicted octanol–water partition coefficient (Wildman–Crippen LogP) is 4.56. The Kier molecular flexibility index (Phi) is 6.11. The molecule has 0 spiro atoms. The number of imidazole rings is 1. The molecule has 1 saturated heterocycles. The quantitative estimate of drug-likeness (QED) is 0.476. The van der Waals surface area contributed by atoms with E-state index in [1.54, 1.807) is 12.1 Å². The van der Waals surface area contributed by atoms with E-state index in [0.717, 1.165) is 46.7 Å². The fourth-order valence-corrected chi connectivity index (χ4v) is 4.81. The number of carbonyl (C=O) groups excluding carboxylic acids is 1. The van der Waals surface area contributed by atoms with Gasteiger partial charge in [0, 0.05) is 42.4 Å². The molecule has 1 fully saturated rings. The number of amides is 1. The van der Waals surface area contributed by atoms with Gasteiger partial charge in [-0.15, -0.1) is 0 Å². The monoisotopic (exact) mass is 458 g/mol. The van der Waals surface area contributed by atoms with Gasteiger partial charge in [0.15, 0.2) is 0 Å². The van der Waals surface area contributed by atoms with Crippen LogP contribution < -0.4 is 0 Å². The van der Waals surface area contributed by atoms with Gasteiger partial charge in [-0.25, -0.2) is 9.37 Å². The summed E-state index contributed by atoms with van der Waals surface area (Å²) in [6, 6.07) is 17.9. The van der Waals surface area contributed by atoms with Crippen molar-refractivity contribution < 1.29 is 14.3 Å². The number of hydrogen-bond acceptors (Lipinski definition) is 4. The number of likely N-dealkylation sites (tertiary alicyclic amines) is 1. The number of benzene rings is 2. The molecule has 174 valence electrons. The maximum Gasteiger partial charge on any atom is 0.253 e. The number of carbonyl (C=O) groups is 1. The summed E-state index contributed by atoms with van der Waals surface area (Å²) in [6.45, 7) is 3.74. The van der Waals surface area contributed by atoms with Crippen LogP contribution in [0.25, 0.3) is 22.3 Å². The fraction of sp³-hybridized carbons (Fsp3) is 0.296. The Morgan fingerprint density at radius 1 is 1.12 bits per heavy atom. The lowest BCUT2D eigenvalue weighted by molar-refractivity contribution is 0.0706. The number of nitrogens with zero attached hydrogens (tertiary/aromatic N) is 4. The number of fused-ring (bicyclic) bond motifs is 1. The van der Waals surface area contributed by atoms with Crippen LogP contribution in [0.2, 0.25) is 0 Å². The number of aliphatic hydroxyl groups excluding tert-OH is 1. The lowest BCUT2D eigenvalue weighted by Gasteiger charge is -2.32. The molecule has 0 saturated carbocycles. The Bertz CT molecular complexity index is 1330. The van der Waals surface area contributed by atoms with E-state index in [1.165, 1.54) is 12.1 Å². The van der Waals surface area contributed by atoms with Crippen LogP contribution in [0.4, 0.5) is 4.39 Å². The van der Waals surface area contributed by atoms with Gasteiger partial charge in [0.2, 0.25) is 0 Å². The molecule has 0 unspecified atom stereocenters. The van der Waals surface area contributed by atoms with E-state index in [0.29, 0.717) is 25.2 Å². The summed E-state index contributed by atoms with van der Waals surface area (Å²) >= 11 is 0. The fourth-order valence-electron chi connectivity index (χ4n) is 4.81. The first kappa shape index (κ1) is 22.2. The molecule has 1 amide bonds. The van der Waals surface area contributed by atoms with Crippen molar-refractivity contribution in [2.45, 2.75) is 32.2 Å². The molecular weight excluding hydrogens is 431 g/mol. The van der Waals surface area contributed by atoms with Gasteiger partial charge < -0.3 is 14.6 Å². The first-order valence-corrected chi connectivity index (χ1v) is 11.6. The van der Waals surface area contributed by atoms with Gasteiger partial charge in [0.05, 0.1) is 23.3 Å². The Morgan fingerprint density at radius 2 is 1.94 bits per heavy atom. The largest absolute Gasteiger partial charge is 0.395 e. The Morgan fingerprint density at radius 3 is 2.74 bits per heavy atom. The van der Waals surface area contributed by atoms with E-state index in [2.05, 4.69) is 4.98 Å². The van der Waals surface area contributed by atoms with Crippen molar-refractivity contribution in [1.29, 1.82) is 0 Å². The molecular formula is C27H27FN4O2. The standard InChI is InChI=1S/C27H27FN4O2/c1-18-29-25-16-20(9-12-26(25)32(18)14-15-33)27(34)31-13-3-4-21(17-31)24-6-2-5-23(30-24)19-7-10-22(28)11-8-19/h2,5-12,16,21,33H,3-4,13-15,17H2,1H3/t21-/m1/s1. The van der Waals surface area contributed by atoms with Gasteiger partial charge in [-0.3, -0.25) is 9.78 Å². The van der Waals surface area contributed by atoms with Crippen LogP contribution >= 0.6 is 0 Å². The van der Waals surface area contributed by atoms with Gasteiger partial charge in [-0.05, 0) is 74.4 Å². The van der Waals surface area contributed by atoms with Crippen LogP contribution in [0.15, 0.2) is 60.7 Å². The molecule has 2 aromatic carbocycles. The van der Waals surface area contributed by atoms with Crippen molar-refractivity contribution in [1.82, 2.24) is 19.4 Å². The number of aryl methyl sites for hydroxylation is 1. The Balaban J connectivity index is 1.36. The van der Waals surface area contributed by atoms with Gasteiger partial charge in [-0.1, -0.05) is 6.07 Å². The number of halogens is 1. The highest BCUT2D eigenvalue weighted by Gasteiger charge is 2.27. The van der Waals surface area contributed by atoms with Crippen LogP contribution in [0, 0.1) is 12.7 Å². The molecule has 1 N–H and O–H groups in total. The Labute approximate surface area is 197 Å². The summed E-state index contributed by atoms with van der Waals surface area (Å²) < 4.78 is 15.3. The number of pyridine rings is 1. The van der Waals surface area contributed by atoms with Crippen molar-refractivity contribution >= 4 is 16.9 Å². The van der Waals surface area contributed by atoms with E-state index >= 15 is 0 Å². The van der Waals surface area contributed by atoms with Crippen molar-refractivity contribution in [2.75, 3.05) is 19.7 Å². The molecule has 3 heterocycles. The molecule has 0 bridgehead atoms. The van der Waals surface area contributed by atoms with Crippen molar-refractivity contribution in [3.63, 3.8) is 0 Å². The summed E-state index contributed by atoms with van der Waals surface area (Å²) in [5.41, 5.74) is 4.93. The third-order valence-corrected chi connectivity index (χ3v) is 6.55. The van der Waals surface area contributed by atoms with Crippen LogP contribution in [0.1, 0.15) is 40.6 Å². The predicted molar refractivity (Wildman–Crippen MR) is 129 cm³/mol. The van der Waals surface area contributed by atoms with E-state index < -0.39 is 0 Å². The normalized spacial score (nSPS) is 16.2. The molecule has 34 heavy (non-hydrogen) atoms. The summed E-state index contributed by atoms with van der Waals surface area (Å²) in [5, 5.41) is 9.32. The molecule has 4 aromatic rings. The average molecular weight is 459 g/mol. The van der Waals surface area contributed by atoms with Gasteiger partial charge in [-0.2, -0.15) is 0 Å². The van der Waals surface area contributed by atoms with Crippen LogP contribution in [-0.4, -0.2) is 50.1 Å². The van der Waals surface area contributed by atoms with Crippen molar-refractivity contribution in [3.8, 4) is 11.3 Å². The average Bonchev–Trinajstić information content (AvgIpc) is 3.18. The van der Waals surface area contributed by atoms with Gasteiger partial charge >= 0.3 is 0 Å². The first-order valence-electron chi connectivity index (χ1n) is 11.6. The van der Waals surface area contributed by atoms with Gasteiger partial charge in [0.1, 0.15) is 11.6 Å². The molecule has 1 aliphatic rings. The maximum atomic E-state index is 13.4. The SMILES string of the molecule is Cc1nc2cc(C(=O)N3CCC[C@@H](c4cccc(-c5ccc(F)cc5)n4)C3)ccc2n1CCO. The zero-order chi connectivity index (χ0) is 23.7. The van der Waals surface area contributed by atoms with Crippen LogP contribution in [0.3, 0.4) is 0 Å². The minimum Gasteiger partial charge on any atom is -0.395 e. The second-order valence-electron chi connectivity index (χ2n) is 8.78. The van der Waals surface area contributed by atoms with Crippen LogP contribution in [0.5, 0.6) is 0 Å². The number of aromatic nitrogens is 3. The minimum atomic E-state index is -0.269. The summed E-state index contributed by atoms with van der Waals surface area (Å²) in [6.07, 6.45) is 1.87. The minimum absolute atomic E-state index is 0.00403. The lowest BCUT2D eigenvalue weighted by Crippen LogP contribution is -2.39. The second kappa shape index (κ2) is 9.35. The second-order valence-corrected chi connectivity index (χ2v) is 8.78. The van der Waals surface area contributed by atoms with Crippen molar-refractivity contribution in [3.05, 3.63) is 83.6 Å². The van der Waals surface area contributed by atoms with E-state index in [4.69, 9.17) is 4.98 Å². The van der Waals surface area contributed by atoms with E-state index in [9.17, 15) is 14.3 Å². The highest BCUT2D eigenvalue weighted by Crippen LogP contribution is 2.29. The summed E-state index contributed by atoms with van der Waals surface area (Å²) in [4.78, 5) is 24.7. The number of rotatable bonds is 5. The highest BCUT2D eigenvalue weighted by molar-refractivity contribution is 5.97.